The number of aliphatic hydroxyl groups excluding tert-OH is 3. The van der Waals surface area contributed by atoms with Crippen LogP contribution in [0.3, 0.4) is 0 Å². The van der Waals surface area contributed by atoms with Crippen molar-refractivity contribution in [2.75, 3.05) is 0 Å². The Balaban J connectivity index is 6.15. The molecule has 12 nitrogen and oxygen atoms in total. The molecule has 0 saturated heterocycles. The molecule has 0 aliphatic carbocycles. The predicted octanol–water partition coefficient (Wildman–Crippen LogP) is -3.71. The molecule has 0 aromatic carbocycles. The highest BCUT2D eigenvalue weighted by Gasteiger charge is 2.67. The van der Waals surface area contributed by atoms with Crippen molar-refractivity contribution < 1.29 is 58.9 Å². The Bertz CT molecular complexity index is 504. The second-order valence-electron chi connectivity index (χ2n) is 4.61. The van der Waals surface area contributed by atoms with Crippen LogP contribution < -0.4 is 0 Å². The SMILES string of the molecule is CC(=O)OC(O)[C@@H](O)[C@@](O)(OC(C)=O)[C@@](O)(OC(C)=O)[C@@H](O)C=O. The van der Waals surface area contributed by atoms with E-state index in [2.05, 4.69) is 14.2 Å². The first-order chi connectivity index (χ1) is 10.8. The van der Waals surface area contributed by atoms with Crippen molar-refractivity contribution in [2.45, 2.75) is 50.8 Å². The number of ether oxygens (including phenoxy) is 3. The first kappa shape index (κ1) is 21.9. The van der Waals surface area contributed by atoms with Gasteiger partial charge in [-0.2, -0.15) is 0 Å². The molecule has 0 heterocycles. The largest absolute Gasteiger partial charge is 0.433 e. The standard InChI is InChI=1S/C12H18O12/c1-5(14)22-10(19)9(18)12(21,24-7(3)16)11(20,8(17)4-13)23-6(2)15/h4,8-10,17-21H,1-3H3/t8-,9+,10?,11-,12+/m0/s1. The van der Waals surface area contributed by atoms with Crippen molar-refractivity contribution in [3.8, 4) is 0 Å². The van der Waals surface area contributed by atoms with E-state index in [0.29, 0.717) is 13.8 Å². The summed E-state index contributed by atoms with van der Waals surface area (Å²) in [5.74, 6) is -11.5. The maximum atomic E-state index is 11.1. The van der Waals surface area contributed by atoms with Gasteiger partial charge in [0.05, 0.1) is 0 Å². The van der Waals surface area contributed by atoms with Gasteiger partial charge in [-0.3, -0.25) is 14.4 Å². The lowest BCUT2D eigenvalue weighted by Gasteiger charge is -2.44. The molecular formula is C12H18O12. The van der Waals surface area contributed by atoms with E-state index in [4.69, 9.17) is 0 Å². The average Bonchev–Trinajstić information content (AvgIpc) is 2.42. The lowest BCUT2D eigenvalue weighted by Crippen LogP contribution is -2.72. The molecule has 0 aromatic heterocycles. The van der Waals surface area contributed by atoms with E-state index in [0.717, 1.165) is 6.92 Å². The molecule has 0 radical (unpaired) electrons. The molecule has 0 spiro atoms. The maximum absolute atomic E-state index is 11.1. The number of rotatable bonds is 8. The van der Waals surface area contributed by atoms with Gasteiger partial charge in [0.25, 0.3) is 0 Å². The number of aldehydes is 1. The maximum Gasteiger partial charge on any atom is 0.313 e. The molecule has 5 atom stereocenters. The molecule has 0 aromatic rings. The molecule has 5 N–H and O–H groups in total. The van der Waals surface area contributed by atoms with E-state index in [1.807, 2.05) is 0 Å². The van der Waals surface area contributed by atoms with Crippen molar-refractivity contribution in [3.05, 3.63) is 0 Å². The normalized spacial score (nSPS) is 19.7. The summed E-state index contributed by atoms with van der Waals surface area (Å²) in [6.07, 6.45) is -8.61. The van der Waals surface area contributed by atoms with Gasteiger partial charge >= 0.3 is 29.5 Å². The van der Waals surface area contributed by atoms with Crippen molar-refractivity contribution in [2.24, 2.45) is 0 Å². The fourth-order valence-corrected chi connectivity index (χ4v) is 1.65. The Morgan fingerprint density at radius 3 is 1.62 bits per heavy atom. The molecule has 0 fully saturated rings. The second kappa shape index (κ2) is 8.12. The fraction of sp³-hybridized carbons (Fsp3) is 0.667. The van der Waals surface area contributed by atoms with Gasteiger partial charge in [-0.1, -0.05) is 0 Å². The molecule has 0 aliphatic rings. The summed E-state index contributed by atoms with van der Waals surface area (Å²) < 4.78 is 12.6. The van der Waals surface area contributed by atoms with Gasteiger partial charge in [-0.15, -0.1) is 0 Å². The van der Waals surface area contributed by atoms with Crippen LogP contribution in [-0.4, -0.2) is 79.8 Å². The number of carbonyl (C=O) groups is 4. The summed E-state index contributed by atoms with van der Waals surface area (Å²) >= 11 is 0. The Labute approximate surface area is 135 Å². The van der Waals surface area contributed by atoms with Crippen LogP contribution in [0.1, 0.15) is 20.8 Å². The molecular weight excluding hydrogens is 336 g/mol. The lowest BCUT2D eigenvalue weighted by atomic mass is 9.93. The van der Waals surface area contributed by atoms with Crippen molar-refractivity contribution in [1.82, 2.24) is 0 Å². The van der Waals surface area contributed by atoms with E-state index in [-0.39, 0.29) is 0 Å². The van der Waals surface area contributed by atoms with Gasteiger partial charge in [-0.25, -0.2) is 0 Å². The minimum atomic E-state index is -3.79. The topological polar surface area (TPSA) is 197 Å². The zero-order chi connectivity index (χ0) is 19.3. The monoisotopic (exact) mass is 354 g/mol. The number of aliphatic hydroxyl groups is 5. The quantitative estimate of drug-likeness (QED) is 0.124. The third-order valence-corrected chi connectivity index (χ3v) is 2.60. The van der Waals surface area contributed by atoms with Crippen molar-refractivity contribution in [3.63, 3.8) is 0 Å². The summed E-state index contributed by atoms with van der Waals surface area (Å²) in [7, 11) is 0. The van der Waals surface area contributed by atoms with Gasteiger partial charge in [0.15, 0.2) is 18.5 Å². The van der Waals surface area contributed by atoms with Crippen LogP contribution in [0.4, 0.5) is 0 Å². The number of hydrogen-bond donors (Lipinski definition) is 5. The molecule has 0 saturated carbocycles. The van der Waals surface area contributed by atoms with Gasteiger partial charge in [0, 0.05) is 20.8 Å². The summed E-state index contributed by atoms with van der Waals surface area (Å²) in [6, 6.07) is 0. The van der Waals surface area contributed by atoms with Gasteiger partial charge in [-0.05, 0) is 0 Å². The van der Waals surface area contributed by atoms with Crippen LogP contribution in [0.5, 0.6) is 0 Å². The van der Waals surface area contributed by atoms with E-state index >= 15 is 0 Å². The molecule has 138 valence electrons. The van der Waals surface area contributed by atoms with Crippen molar-refractivity contribution in [1.29, 1.82) is 0 Å². The van der Waals surface area contributed by atoms with Crippen LogP contribution in [0.15, 0.2) is 0 Å². The zero-order valence-electron chi connectivity index (χ0n) is 12.9. The van der Waals surface area contributed by atoms with Crippen LogP contribution >= 0.6 is 0 Å². The third kappa shape index (κ3) is 4.69. The Kier molecular flexibility index (Phi) is 7.40. The van der Waals surface area contributed by atoms with Gasteiger partial charge in [0.1, 0.15) is 0 Å². The van der Waals surface area contributed by atoms with Crippen LogP contribution in [0.2, 0.25) is 0 Å². The predicted molar refractivity (Wildman–Crippen MR) is 69.3 cm³/mol. The summed E-state index contributed by atoms with van der Waals surface area (Å²) in [5, 5.41) is 49.5. The van der Waals surface area contributed by atoms with Crippen molar-refractivity contribution >= 4 is 24.2 Å². The van der Waals surface area contributed by atoms with Gasteiger partial charge in [0.2, 0.25) is 6.29 Å². The molecule has 0 bridgehead atoms. The Morgan fingerprint density at radius 1 is 0.875 bits per heavy atom. The third-order valence-electron chi connectivity index (χ3n) is 2.60. The first-order valence-electron chi connectivity index (χ1n) is 6.32. The number of carbonyl (C=O) groups excluding carboxylic acids is 4. The molecule has 0 rings (SSSR count). The molecule has 1 unspecified atom stereocenters. The number of hydrogen-bond acceptors (Lipinski definition) is 12. The molecule has 12 heteroatoms. The molecule has 0 aliphatic heterocycles. The highest BCUT2D eigenvalue weighted by Crippen LogP contribution is 2.34. The Hall–Kier alpha value is -2.12. The lowest BCUT2D eigenvalue weighted by molar-refractivity contribution is -0.415. The Morgan fingerprint density at radius 2 is 1.29 bits per heavy atom. The first-order valence-corrected chi connectivity index (χ1v) is 6.32. The van der Waals surface area contributed by atoms with Crippen LogP contribution in [0.25, 0.3) is 0 Å². The highest BCUT2D eigenvalue weighted by molar-refractivity contribution is 5.69. The van der Waals surface area contributed by atoms with E-state index in [1.54, 1.807) is 0 Å². The highest BCUT2D eigenvalue weighted by atomic mass is 16.8. The minimum absolute atomic E-state index is 0.414. The van der Waals surface area contributed by atoms with E-state index in [9.17, 15) is 44.7 Å². The smallest absolute Gasteiger partial charge is 0.313 e. The van der Waals surface area contributed by atoms with Gasteiger partial charge < -0.3 is 44.5 Å². The van der Waals surface area contributed by atoms with E-state index in [1.165, 1.54) is 0 Å². The van der Waals surface area contributed by atoms with E-state index < -0.39 is 54.3 Å². The zero-order valence-corrected chi connectivity index (χ0v) is 12.9. The fourth-order valence-electron chi connectivity index (χ4n) is 1.65. The minimum Gasteiger partial charge on any atom is -0.433 e. The average molecular weight is 354 g/mol. The molecule has 0 amide bonds. The summed E-state index contributed by atoms with van der Waals surface area (Å²) in [5.41, 5.74) is 0. The summed E-state index contributed by atoms with van der Waals surface area (Å²) in [4.78, 5) is 43.8. The van der Waals surface area contributed by atoms with Crippen LogP contribution in [-0.2, 0) is 33.4 Å². The van der Waals surface area contributed by atoms with Crippen LogP contribution in [0, 0.1) is 0 Å². The second-order valence-corrected chi connectivity index (χ2v) is 4.61. The number of esters is 3. The summed E-state index contributed by atoms with van der Waals surface area (Å²) in [6.45, 7) is 2.17. The molecule has 24 heavy (non-hydrogen) atoms.